The average Bonchev–Trinajstić information content (AvgIpc) is 2.29. The monoisotopic (exact) mass is 281 g/mol. The fraction of sp³-hybridized carbons (Fsp3) is 0.571. The van der Waals surface area contributed by atoms with Gasteiger partial charge < -0.3 is 5.32 Å². The van der Waals surface area contributed by atoms with Crippen molar-refractivity contribution >= 4 is 15.9 Å². The third kappa shape index (κ3) is 3.33. The maximum atomic E-state index is 3.54. The van der Waals surface area contributed by atoms with Gasteiger partial charge in [0.05, 0.1) is 0 Å². The second kappa shape index (κ2) is 5.83. The van der Waals surface area contributed by atoms with E-state index in [1.54, 1.807) is 0 Å². The molecule has 0 saturated heterocycles. The number of nitrogens with one attached hydrogen (secondary N) is 1. The van der Waals surface area contributed by atoms with E-state index in [9.17, 15) is 0 Å². The molecule has 88 valence electrons. The predicted molar refractivity (Wildman–Crippen MR) is 72.7 cm³/mol. The molecule has 16 heavy (non-hydrogen) atoms. The summed E-state index contributed by atoms with van der Waals surface area (Å²) in [6.45, 7) is 0. The fourth-order valence-electron chi connectivity index (χ4n) is 2.74. The van der Waals surface area contributed by atoms with Crippen molar-refractivity contribution in [2.75, 3.05) is 7.05 Å². The lowest BCUT2D eigenvalue weighted by atomic mass is 9.82. The summed E-state index contributed by atoms with van der Waals surface area (Å²) < 4.78 is 1.20. The van der Waals surface area contributed by atoms with Gasteiger partial charge in [0.25, 0.3) is 0 Å². The van der Waals surface area contributed by atoms with Crippen molar-refractivity contribution < 1.29 is 0 Å². The maximum absolute atomic E-state index is 3.54. The van der Waals surface area contributed by atoms with Gasteiger partial charge in [-0.25, -0.2) is 0 Å². The van der Waals surface area contributed by atoms with E-state index >= 15 is 0 Å². The van der Waals surface area contributed by atoms with Gasteiger partial charge >= 0.3 is 0 Å². The first kappa shape index (κ1) is 12.1. The Labute approximate surface area is 107 Å². The summed E-state index contributed by atoms with van der Waals surface area (Å²) >= 11 is 3.54. The summed E-state index contributed by atoms with van der Waals surface area (Å²) in [4.78, 5) is 0. The van der Waals surface area contributed by atoms with Crippen LogP contribution >= 0.6 is 15.9 Å². The molecular weight excluding hydrogens is 262 g/mol. The van der Waals surface area contributed by atoms with Crippen molar-refractivity contribution in [3.63, 3.8) is 0 Å². The molecule has 2 rings (SSSR count). The van der Waals surface area contributed by atoms with Crippen LogP contribution in [-0.2, 0) is 6.42 Å². The lowest BCUT2D eigenvalue weighted by Crippen LogP contribution is -2.31. The molecule has 1 saturated carbocycles. The molecule has 2 atom stereocenters. The summed E-state index contributed by atoms with van der Waals surface area (Å²) in [5, 5.41) is 3.42. The second-order valence-corrected chi connectivity index (χ2v) is 5.77. The lowest BCUT2D eigenvalue weighted by molar-refractivity contribution is 0.294. The van der Waals surface area contributed by atoms with Crippen LogP contribution in [-0.4, -0.2) is 13.1 Å². The maximum Gasteiger partial charge on any atom is 0.0177 e. The van der Waals surface area contributed by atoms with E-state index in [2.05, 4.69) is 52.6 Å². The largest absolute Gasteiger partial charge is 0.317 e. The Morgan fingerprint density at radius 2 is 2.25 bits per heavy atom. The van der Waals surface area contributed by atoms with Crippen LogP contribution in [0.4, 0.5) is 0 Å². The van der Waals surface area contributed by atoms with Gasteiger partial charge in [-0.15, -0.1) is 0 Å². The van der Waals surface area contributed by atoms with Gasteiger partial charge in [0.2, 0.25) is 0 Å². The highest BCUT2D eigenvalue weighted by Gasteiger charge is 2.20. The highest BCUT2D eigenvalue weighted by molar-refractivity contribution is 9.10. The molecule has 1 aliphatic rings. The number of rotatable bonds is 3. The predicted octanol–water partition coefficient (Wildman–Crippen LogP) is 3.77. The molecule has 1 aliphatic carbocycles. The van der Waals surface area contributed by atoms with Crippen molar-refractivity contribution in [3.05, 3.63) is 34.3 Å². The van der Waals surface area contributed by atoms with Gasteiger partial charge in [0.15, 0.2) is 0 Å². The molecule has 1 nitrogen and oxygen atoms in total. The van der Waals surface area contributed by atoms with Crippen LogP contribution in [0.3, 0.4) is 0 Å². The molecule has 0 aliphatic heterocycles. The number of hydrogen-bond acceptors (Lipinski definition) is 1. The Morgan fingerprint density at radius 3 is 3.00 bits per heavy atom. The Balaban J connectivity index is 1.94. The third-order valence-electron chi connectivity index (χ3n) is 3.60. The van der Waals surface area contributed by atoms with Crippen molar-refractivity contribution in [3.8, 4) is 0 Å². The first-order valence-corrected chi connectivity index (χ1v) is 6.99. The van der Waals surface area contributed by atoms with Crippen molar-refractivity contribution in [1.29, 1.82) is 0 Å². The molecule has 0 spiro atoms. The molecule has 0 radical (unpaired) electrons. The molecule has 0 amide bonds. The van der Waals surface area contributed by atoms with Gasteiger partial charge in [0.1, 0.15) is 0 Å². The smallest absolute Gasteiger partial charge is 0.0177 e. The SMILES string of the molecule is CNC1CCCC(Cc2cccc(Br)c2)C1. The molecule has 2 unspecified atom stereocenters. The fourth-order valence-corrected chi connectivity index (χ4v) is 3.18. The molecule has 1 fully saturated rings. The van der Waals surface area contributed by atoms with Gasteiger partial charge in [-0.3, -0.25) is 0 Å². The standard InChI is InChI=1S/C14H20BrN/c1-16-14-7-3-5-12(10-14)8-11-4-2-6-13(15)9-11/h2,4,6,9,12,14,16H,3,5,7-8,10H2,1H3. The van der Waals surface area contributed by atoms with Crippen LogP contribution in [0.1, 0.15) is 31.2 Å². The van der Waals surface area contributed by atoms with Crippen LogP contribution < -0.4 is 5.32 Å². The van der Waals surface area contributed by atoms with E-state index in [-0.39, 0.29) is 0 Å². The summed E-state index contributed by atoms with van der Waals surface area (Å²) in [7, 11) is 2.09. The van der Waals surface area contributed by atoms with E-state index in [4.69, 9.17) is 0 Å². The zero-order valence-corrected chi connectivity index (χ0v) is 11.5. The van der Waals surface area contributed by atoms with Crippen LogP contribution in [0, 0.1) is 5.92 Å². The Hall–Kier alpha value is -0.340. The van der Waals surface area contributed by atoms with Crippen LogP contribution in [0.15, 0.2) is 28.7 Å². The van der Waals surface area contributed by atoms with E-state index in [1.807, 2.05) is 0 Å². The molecule has 0 heterocycles. The minimum Gasteiger partial charge on any atom is -0.317 e. The van der Waals surface area contributed by atoms with Crippen molar-refractivity contribution in [2.24, 2.45) is 5.92 Å². The molecule has 0 aromatic heterocycles. The first-order chi connectivity index (χ1) is 7.78. The Bertz CT molecular complexity index is 337. The first-order valence-electron chi connectivity index (χ1n) is 6.19. The Morgan fingerprint density at radius 1 is 1.38 bits per heavy atom. The molecular formula is C14H20BrN. The van der Waals surface area contributed by atoms with Crippen LogP contribution in [0.25, 0.3) is 0 Å². The minimum absolute atomic E-state index is 0.742. The van der Waals surface area contributed by atoms with E-state index in [0.29, 0.717) is 0 Å². The topological polar surface area (TPSA) is 12.0 Å². The number of benzene rings is 1. The van der Waals surface area contributed by atoms with Gasteiger partial charge in [-0.2, -0.15) is 0 Å². The summed E-state index contributed by atoms with van der Waals surface area (Å²) in [5.74, 6) is 0.862. The number of hydrogen-bond donors (Lipinski definition) is 1. The average molecular weight is 282 g/mol. The highest BCUT2D eigenvalue weighted by Crippen LogP contribution is 2.27. The van der Waals surface area contributed by atoms with Gasteiger partial charge in [0, 0.05) is 10.5 Å². The quantitative estimate of drug-likeness (QED) is 0.890. The zero-order valence-electron chi connectivity index (χ0n) is 9.88. The number of halogens is 1. The van der Waals surface area contributed by atoms with Gasteiger partial charge in [-0.05, 0) is 49.9 Å². The minimum atomic E-state index is 0.742. The summed E-state index contributed by atoms with van der Waals surface area (Å²) in [5.41, 5.74) is 1.47. The van der Waals surface area contributed by atoms with Crippen molar-refractivity contribution in [1.82, 2.24) is 5.32 Å². The molecule has 0 bridgehead atoms. The zero-order chi connectivity index (χ0) is 11.4. The lowest BCUT2D eigenvalue weighted by Gasteiger charge is -2.29. The van der Waals surface area contributed by atoms with E-state index < -0.39 is 0 Å². The van der Waals surface area contributed by atoms with E-state index in [0.717, 1.165) is 12.0 Å². The molecule has 1 aromatic rings. The van der Waals surface area contributed by atoms with E-state index in [1.165, 1.54) is 42.1 Å². The normalized spacial score (nSPS) is 25.6. The summed E-state index contributed by atoms with van der Waals surface area (Å²) in [6, 6.07) is 9.47. The van der Waals surface area contributed by atoms with Crippen molar-refractivity contribution in [2.45, 2.75) is 38.1 Å². The second-order valence-electron chi connectivity index (χ2n) is 4.85. The molecule has 1 N–H and O–H groups in total. The molecule has 1 aromatic carbocycles. The Kier molecular flexibility index (Phi) is 4.42. The molecule has 2 heteroatoms. The van der Waals surface area contributed by atoms with Crippen LogP contribution in [0.5, 0.6) is 0 Å². The van der Waals surface area contributed by atoms with Crippen LogP contribution in [0.2, 0.25) is 0 Å². The third-order valence-corrected chi connectivity index (χ3v) is 4.10. The van der Waals surface area contributed by atoms with Gasteiger partial charge in [-0.1, -0.05) is 40.9 Å². The summed E-state index contributed by atoms with van der Waals surface area (Å²) in [6.07, 6.45) is 6.70. The highest BCUT2D eigenvalue weighted by atomic mass is 79.9.